The SMILES string of the molecule is CCOC(=O)[C@@H]1CC[C@]2(O)[C@@H]3CC[C@]4(O)C[C@H](OC(C)=O)C[C@H](O)[C@]4(COC(C)=O)[C@H]3[C@H](OC(C)=O)C[C@@]12C. The van der Waals surface area contributed by atoms with Crippen molar-refractivity contribution in [3.8, 4) is 0 Å². The van der Waals surface area contributed by atoms with Crippen molar-refractivity contribution in [2.24, 2.45) is 28.6 Å². The average Bonchev–Trinajstić information content (AvgIpc) is 3.08. The van der Waals surface area contributed by atoms with Crippen molar-refractivity contribution in [3.63, 3.8) is 0 Å². The smallest absolute Gasteiger partial charge is 0.309 e. The number of aliphatic hydroxyl groups is 3. The molecule has 0 unspecified atom stereocenters. The molecule has 0 aliphatic heterocycles. The van der Waals surface area contributed by atoms with Gasteiger partial charge in [0, 0.05) is 44.9 Å². The lowest BCUT2D eigenvalue weighted by Crippen LogP contribution is -2.76. The summed E-state index contributed by atoms with van der Waals surface area (Å²) in [5, 5.41) is 36.5. The van der Waals surface area contributed by atoms with Gasteiger partial charge in [-0.05, 0) is 44.9 Å². The van der Waals surface area contributed by atoms with Gasteiger partial charge in [-0.15, -0.1) is 0 Å². The first-order chi connectivity index (χ1) is 18.1. The molecular formula is C28H42O11. The van der Waals surface area contributed by atoms with Crippen LogP contribution in [0.5, 0.6) is 0 Å². The van der Waals surface area contributed by atoms with Gasteiger partial charge in [0.15, 0.2) is 0 Å². The molecule has 0 heterocycles. The molecule has 4 aliphatic rings. The van der Waals surface area contributed by atoms with E-state index in [1.165, 1.54) is 20.8 Å². The van der Waals surface area contributed by atoms with E-state index >= 15 is 0 Å². The summed E-state index contributed by atoms with van der Waals surface area (Å²) in [6.07, 6.45) is -1.88. The van der Waals surface area contributed by atoms with Crippen LogP contribution in [0.1, 0.15) is 79.6 Å². The van der Waals surface area contributed by atoms with Crippen molar-refractivity contribution in [2.75, 3.05) is 13.2 Å². The van der Waals surface area contributed by atoms with E-state index in [1.54, 1.807) is 6.92 Å². The Morgan fingerprint density at radius 3 is 2.15 bits per heavy atom. The van der Waals surface area contributed by atoms with Crippen LogP contribution in [-0.4, -0.2) is 81.9 Å². The van der Waals surface area contributed by atoms with E-state index in [2.05, 4.69) is 0 Å². The fourth-order valence-electron chi connectivity index (χ4n) is 8.91. The number of aliphatic hydroxyl groups excluding tert-OH is 1. The molecule has 0 aromatic carbocycles. The summed E-state index contributed by atoms with van der Waals surface area (Å²) in [6, 6.07) is 0. The molecule has 3 N–H and O–H groups in total. The molecule has 220 valence electrons. The van der Waals surface area contributed by atoms with E-state index in [0.717, 1.165) is 0 Å². The maximum Gasteiger partial charge on any atom is 0.309 e. The van der Waals surface area contributed by atoms with Gasteiger partial charge >= 0.3 is 23.9 Å². The van der Waals surface area contributed by atoms with E-state index in [9.17, 15) is 34.5 Å². The number of hydrogen-bond donors (Lipinski definition) is 3. The summed E-state index contributed by atoms with van der Waals surface area (Å²) in [5.41, 5.74) is -5.60. The van der Waals surface area contributed by atoms with Crippen LogP contribution < -0.4 is 0 Å². The third-order valence-electron chi connectivity index (χ3n) is 10.4. The van der Waals surface area contributed by atoms with Crippen LogP contribution in [-0.2, 0) is 38.1 Å². The minimum Gasteiger partial charge on any atom is -0.466 e. The first-order valence-corrected chi connectivity index (χ1v) is 13.9. The molecular weight excluding hydrogens is 512 g/mol. The molecule has 0 radical (unpaired) electrons. The second kappa shape index (κ2) is 10.3. The van der Waals surface area contributed by atoms with Crippen LogP contribution >= 0.6 is 0 Å². The number of hydrogen-bond acceptors (Lipinski definition) is 11. The highest BCUT2D eigenvalue weighted by atomic mass is 16.6. The Labute approximate surface area is 228 Å². The van der Waals surface area contributed by atoms with Crippen LogP contribution in [0.4, 0.5) is 0 Å². The second-order valence-corrected chi connectivity index (χ2v) is 12.2. The number of esters is 4. The van der Waals surface area contributed by atoms with Crippen molar-refractivity contribution in [3.05, 3.63) is 0 Å². The Morgan fingerprint density at radius 1 is 0.897 bits per heavy atom. The zero-order valence-corrected chi connectivity index (χ0v) is 23.4. The Hall–Kier alpha value is -2.24. The van der Waals surface area contributed by atoms with E-state index in [0.29, 0.717) is 12.8 Å². The van der Waals surface area contributed by atoms with Gasteiger partial charge < -0.3 is 34.3 Å². The fourth-order valence-corrected chi connectivity index (χ4v) is 8.91. The Kier molecular flexibility index (Phi) is 7.86. The third-order valence-corrected chi connectivity index (χ3v) is 10.4. The quantitative estimate of drug-likeness (QED) is 0.321. The number of rotatable bonds is 6. The highest BCUT2D eigenvalue weighted by Gasteiger charge is 2.77. The topological polar surface area (TPSA) is 166 Å². The van der Waals surface area contributed by atoms with Crippen LogP contribution in [0.15, 0.2) is 0 Å². The second-order valence-electron chi connectivity index (χ2n) is 12.2. The lowest BCUT2D eigenvalue weighted by Gasteiger charge is -2.68. The summed E-state index contributed by atoms with van der Waals surface area (Å²) in [4.78, 5) is 49.2. The zero-order valence-electron chi connectivity index (χ0n) is 23.4. The van der Waals surface area contributed by atoms with Crippen LogP contribution in [0.2, 0.25) is 0 Å². The zero-order chi connectivity index (χ0) is 29.0. The van der Waals surface area contributed by atoms with Gasteiger partial charge in [0.1, 0.15) is 18.8 Å². The molecule has 0 amide bonds. The van der Waals surface area contributed by atoms with Crippen molar-refractivity contribution >= 4 is 23.9 Å². The predicted octanol–water partition coefficient (Wildman–Crippen LogP) is 1.43. The molecule has 0 saturated heterocycles. The fraction of sp³-hybridized carbons (Fsp3) is 0.857. The molecule has 0 aromatic rings. The normalized spacial score (nSPS) is 44.7. The van der Waals surface area contributed by atoms with Gasteiger partial charge in [0.2, 0.25) is 0 Å². The van der Waals surface area contributed by atoms with Crippen molar-refractivity contribution in [2.45, 2.75) is 109 Å². The number of carbonyl (C=O) groups excluding carboxylic acids is 4. The molecule has 0 bridgehead atoms. The molecule has 0 spiro atoms. The van der Waals surface area contributed by atoms with Gasteiger partial charge in [0.05, 0.1) is 35.2 Å². The Morgan fingerprint density at radius 2 is 1.56 bits per heavy atom. The summed E-state index contributed by atoms with van der Waals surface area (Å²) in [5.74, 6) is -4.21. The standard InChI is InChI=1S/C28H42O11/c1-6-36-24(33)20-8-10-28(35)19-7-9-26(34)12-18(38-16(3)30)11-22(32)27(26,14-37-15(2)29)23(19)21(39-17(4)31)13-25(20,28)5/h18-23,32,34-35H,6-14H2,1-5H3/t18-,19-,20+,21-,22+,23-,25+,26+,27-,28+/m1/s1. The highest BCUT2D eigenvalue weighted by Crippen LogP contribution is 2.70. The molecule has 4 fully saturated rings. The van der Waals surface area contributed by atoms with Gasteiger partial charge in [-0.2, -0.15) is 0 Å². The molecule has 0 aromatic heterocycles. The lowest BCUT2D eigenvalue weighted by atomic mass is 9.40. The lowest BCUT2D eigenvalue weighted by molar-refractivity contribution is -0.319. The van der Waals surface area contributed by atoms with Gasteiger partial charge in [-0.1, -0.05) is 6.92 Å². The maximum absolute atomic E-state index is 13.0. The molecule has 4 rings (SSSR count). The van der Waals surface area contributed by atoms with Gasteiger partial charge in [0.25, 0.3) is 0 Å². The van der Waals surface area contributed by atoms with E-state index in [-0.39, 0.29) is 45.3 Å². The van der Waals surface area contributed by atoms with Gasteiger partial charge in [-0.3, -0.25) is 19.2 Å². The minimum absolute atomic E-state index is 0.0118. The van der Waals surface area contributed by atoms with Crippen molar-refractivity contribution < 1.29 is 53.4 Å². The van der Waals surface area contributed by atoms with Crippen molar-refractivity contribution in [1.29, 1.82) is 0 Å². The minimum atomic E-state index is -1.66. The van der Waals surface area contributed by atoms with Crippen molar-refractivity contribution in [1.82, 2.24) is 0 Å². The first kappa shape index (κ1) is 29.7. The number of ether oxygens (including phenoxy) is 4. The molecule has 10 atom stereocenters. The average molecular weight is 555 g/mol. The molecule has 4 saturated carbocycles. The van der Waals surface area contributed by atoms with E-state index < -0.39 is 82.0 Å². The Balaban J connectivity index is 1.86. The molecule has 39 heavy (non-hydrogen) atoms. The van der Waals surface area contributed by atoms with E-state index in [1.807, 2.05) is 6.92 Å². The number of fused-ring (bicyclic) bond motifs is 5. The summed E-state index contributed by atoms with van der Waals surface area (Å²) in [7, 11) is 0. The predicted molar refractivity (Wildman–Crippen MR) is 134 cm³/mol. The van der Waals surface area contributed by atoms with Gasteiger partial charge in [-0.25, -0.2) is 0 Å². The van der Waals surface area contributed by atoms with E-state index in [4.69, 9.17) is 18.9 Å². The largest absolute Gasteiger partial charge is 0.466 e. The molecule has 4 aliphatic carbocycles. The first-order valence-electron chi connectivity index (χ1n) is 13.9. The van der Waals surface area contributed by atoms with Crippen LogP contribution in [0.25, 0.3) is 0 Å². The van der Waals surface area contributed by atoms with Crippen LogP contribution in [0, 0.1) is 28.6 Å². The maximum atomic E-state index is 13.0. The summed E-state index contributed by atoms with van der Waals surface area (Å²) >= 11 is 0. The molecule has 11 heteroatoms. The third kappa shape index (κ3) is 4.54. The monoisotopic (exact) mass is 554 g/mol. The summed E-state index contributed by atoms with van der Waals surface area (Å²) < 4.78 is 22.1. The Bertz CT molecular complexity index is 1010. The van der Waals surface area contributed by atoms with Crippen LogP contribution in [0.3, 0.4) is 0 Å². The summed E-state index contributed by atoms with van der Waals surface area (Å²) in [6.45, 7) is 7.09. The number of carbonyl (C=O) groups is 4. The highest BCUT2D eigenvalue weighted by molar-refractivity contribution is 5.74. The molecule has 11 nitrogen and oxygen atoms in total.